The number of aliphatic carboxylic acids is 1. The van der Waals surface area contributed by atoms with Gasteiger partial charge in [-0.3, -0.25) is 19.4 Å². The fourth-order valence-corrected chi connectivity index (χ4v) is 3.73. The van der Waals surface area contributed by atoms with Crippen molar-refractivity contribution < 1.29 is 24.3 Å². The molecule has 0 aromatic heterocycles. The van der Waals surface area contributed by atoms with E-state index in [0.717, 1.165) is 12.0 Å². The summed E-state index contributed by atoms with van der Waals surface area (Å²) in [5, 5.41) is 17.0. The summed E-state index contributed by atoms with van der Waals surface area (Å²) in [7, 11) is 0. The number of amides is 3. The van der Waals surface area contributed by atoms with E-state index in [9.17, 15) is 24.3 Å². The van der Waals surface area contributed by atoms with Crippen LogP contribution in [0.5, 0.6) is 0 Å². The molecule has 0 heterocycles. The second-order valence-electron chi connectivity index (χ2n) is 8.73. The number of carboxylic acid groups (broad SMARTS) is 1. The Morgan fingerprint density at radius 1 is 0.868 bits per heavy atom. The molecule has 0 fully saturated rings. The molecule has 0 aliphatic carbocycles. The summed E-state index contributed by atoms with van der Waals surface area (Å²) < 4.78 is 0. The number of unbranched alkanes of at least 4 members (excludes halogenated alkanes) is 1. The summed E-state index contributed by atoms with van der Waals surface area (Å²) in [4.78, 5) is 54.3. The third-order valence-corrected chi connectivity index (χ3v) is 5.96. The van der Waals surface area contributed by atoms with E-state index in [0.29, 0.717) is 25.8 Å². The average Bonchev–Trinajstić information content (AvgIpc) is 2.88. The summed E-state index contributed by atoms with van der Waals surface area (Å²) in [5.41, 5.74) is 23.0. The molecule has 14 heteroatoms. The van der Waals surface area contributed by atoms with E-state index in [-0.39, 0.29) is 31.1 Å². The average molecular weight is 553 g/mol. The molecule has 13 nitrogen and oxygen atoms in total. The van der Waals surface area contributed by atoms with Crippen LogP contribution < -0.4 is 38.9 Å². The fourth-order valence-electron chi connectivity index (χ4n) is 3.48. The van der Waals surface area contributed by atoms with Crippen molar-refractivity contribution in [2.45, 2.75) is 62.7 Å². The normalized spacial score (nSPS) is 13.9. The van der Waals surface area contributed by atoms with E-state index in [1.54, 1.807) is 24.3 Å². The molecule has 212 valence electrons. The first-order valence-electron chi connectivity index (χ1n) is 12.4. The molecule has 4 atom stereocenters. The van der Waals surface area contributed by atoms with Crippen molar-refractivity contribution >= 4 is 42.3 Å². The van der Waals surface area contributed by atoms with Crippen molar-refractivity contribution in [3.05, 3.63) is 35.9 Å². The Balaban J connectivity index is 3.07. The molecule has 12 N–H and O–H groups in total. The van der Waals surface area contributed by atoms with Gasteiger partial charge >= 0.3 is 5.97 Å². The van der Waals surface area contributed by atoms with Crippen LogP contribution in [0.25, 0.3) is 0 Å². The Hall–Kier alpha value is -3.36. The van der Waals surface area contributed by atoms with Crippen LogP contribution >= 0.6 is 12.6 Å². The minimum atomic E-state index is -1.27. The number of hydrogen-bond donors (Lipinski definition) is 9. The molecule has 1 rings (SSSR count). The maximum atomic E-state index is 13.3. The van der Waals surface area contributed by atoms with Gasteiger partial charge in [0.05, 0.1) is 6.04 Å². The number of rotatable bonds is 18. The molecule has 3 amide bonds. The Bertz CT molecular complexity index is 930. The lowest BCUT2D eigenvalue weighted by Gasteiger charge is -2.25. The van der Waals surface area contributed by atoms with Gasteiger partial charge in [0, 0.05) is 18.7 Å². The van der Waals surface area contributed by atoms with Gasteiger partial charge in [0.1, 0.15) is 18.1 Å². The van der Waals surface area contributed by atoms with Crippen LogP contribution in [0.3, 0.4) is 0 Å². The maximum Gasteiger partial charge on any atom is 0.327 e. The molecule has 4 unspecified atom stereocenters. The minimum absolute atomic E-state index is 0.109. The number of carbonyl (C=O) groups excluding carboxylic acids is 3. The summed E-state index contributed by atoms with van der Waals surface area (Å²) in [5.74, 6) is -3.39. The highest BCUT2D eigenvalue weighted by molar-refractivity contribution is 7.80. The van der Waals surface area contributed by atoms with Gasteiger partial charge in [-0.15, -0.1) is 0 Å². The first-order valence-corrected chi connectivity index (χ1v) is 13.0. The highest BCUT2D eigenvalue weighted by atomic mass is 32.1. The number of thiol groups is 1. The van der Waals surface area contributed by atoms with Crippen LogP contribution in [0, 0.1) is 0 Å². The van der Waals surface area contributed by atoms with Gasteiger partial charge in [0.2, 0.25) is 17.7 Å². The summed E-state index contributed by atoms with van der Waals surface area (Å²) in [6.07, 6.45) is 2.35. The Labute approximate surface area is 228 Å². The molecule has 1 aromatic carbocycles. The standard InChI is InChI=1S/C24H40N8O5S/c25-11-5-4-9-16(26)20(33)31-18(13-15-7-2-1-3-8-15)22(35)30-17(10-6-12-29-24(27)28)21(34)32-19(14-38)23(36)37/h1-3,7-8,16-19,38H,4-6,9-14,25-26H2,(H,30,35)(H,31,33)(H,32,34)(H,36,37)(H4,27,28,29). The van der Waals surface area contributed by atoms with Crippen LogP contribution in [0.4, 0.5) is 0 Å². The van der Waals surface area contributed by atoms with E-state index in [4.69, 9.17) is 22.9 Å². The number of nitrogens with zero attached hydrogens (tertiary/aromatic N) is 1. The molecule has 0 radical (unpaired) electrons. The van der Waals surface area contributed by atoms with E-state index < -0.39 is 47.9 Å². The van der Waals surface area contributed by atoms with Gasteiger partial charge in [0.15, 0.2) is 5.96 Å². The van der Waals surface area contributed by atoms with Gasteiger partial charge in [0.25, 0.3) is 0 Å². The van der Waals surface area contributed by atoms with Gasteiger partial charge < -0.3 is 44.0 Å². The van der Waals surface area contributed by atoms with E-state index >= 15 is 0 Å². The van der Waals surface area contributed by atoms with Crippen molar-refractivity contribution in [3.63, 3.8) is 0 Å². The molecule has 0 aliphatic rings. The molecule has 0 spiro atoms. The van der Waals surface area contributed by atoms with Gasteiger partial charge in [-0.1, -0.05) is 36.8 Å². The quantitative estimate of drug-likeness (QED) is 0.0431. The topological polar surface area (TPSA) is 241 Å². The molecule has 0 aliphatic heterocycles. The maximum absolute atomic E-state index is 13.3. The summed E-state index contributed by atoms with van der Waals surface area (Å²) in [6, 6.07) is 4.77. The number of benzene rings is 1. The third kappa shape index (κ3) is 12.7. The van der Waals surface area contributed by atoms with E-state index in [1.165, 1.54) is 0 Å². The smallest absolute Gasteiger partial charge is 0.327 e. The number of nitrogens with one attached hydrogen (secondary N) is 3. The molecule has 38 heavy (non-hydrogen) atoms. The highest BCUT2D eigenvalue weighted by Crippen LogP contribution is 2.07. The molecule has 0 saturated carbocycles. The minimum Gasteiger partial charge on any atom is -0.480 e. The predicted octanol–water partition coefficient (Wildman–Crippen LogP) is -1.79. The number of nitrogens with two attached hydrogens (primary N) is 4. The second kappa shape index (κ2) is 18.0. The number of hydrogen-bond acceptors (Lipinski definition) is 8. The van der Waals surface area contributed by atoms with Crippen molar-refractivity contribution in [2.24, 2.45) is 27.9 Å². The first-order chi connectivity index (χ1) is 18.1. The second-order valence-corrected chi connectivity index (χ2v) is 9.10. The largest absolute Gasteiger partial charge is 0.480 e. The summed E-state index contributed by atoms with van der Waals surface area (Å²) >= 11 is 3.96. The third-order valence-electron chi connectivity index (χ3n) is 5.60. The number of guanidine groups is 1. The molecule has 1 aromatic rings. The highest BCUT2D eigenvalue weighted by Gasteiger charge is 2.30. The zero-order valence-electron chi connectivity index (χ0n) is 21.3. The zero-order chi connectivity index (χ0) is 28.5. The van der Waals surface area contributed by atoms with Crippen molar-refractivity contribution in [1.29, 1.82) is 0 Å². The van der Waals surface area contributed by atoms with Crippen LogP contribution in [0.2, 0.25) is 0 Å². The lowest BCUT2D eigenvalue weighted by atomic mass is 10.0. The van der Waals surface area contributed by atoms with Gasteiger partial charge in [-0.25, -0.2) is 4.79 Å². The van der Waals surface area contributed by atoms with Crippen LogP contribution in [0.15, 0.2) is 35.3 Å². The molecular formula is C24H40N8O5S. The number of aliphatic imine (C=N–C) groups is 1. The van der Waals surface area contributed by atoms with Gasteiger partial charge in [-0.05, 0) is 37.8 Å². The van der Waals surface area contributed by atoms with Crippen molar-refractivity contribution in [3.8, 4) is 0 Å². The predicted molar refractivity (Wildman–Crippen MR) is 148 cm³/mol. The van der Waals surface area contributed by atoms with Crippen LogP contribution in [-0.2, 0) is 25.6 Å². The molecule has 0 bridgehead atoms. The molecular weight excluding hydrogens is 512 g/mol. The monoisotopic (exact) mass is 552 g/mol. The lowest BCUT2D eigenvalue weighted by Crippen LogP contribution is -2.57. The number of carbonyl (C=O) groups is 4. The van der Waals surface area contributed by atoms with Crippen LogP contribution in [-0.4, -0.2) is 77.8 Å². The Morgan fingerprint density at radius 2 is 1.47 bits per heavy atom. The van der Waals surface area contributed by atoms with Crippen LogP contribution in [0.1, 0.15) is 37.7 Å². The lowest BCUT2D eigenvalue weighted by molar-refractivity contribution is -0.141. The first kappa shape index (κ1) is 32.7. The fraction of sp³-hybridized carbons (Fsp3) is 0.542. The Morgan fingerprint density at radius 3 is 2.05 bits per heavy atom. The van der Waals surface area contributed by atoms with E-state index in [1.807, 2.05) is 6.07 Å². The van der Waals surface area contributed by atoms with E-state index in [2.05, 4.69) is 33.6 Å². The van der Waals surface area contributed by atoms with Crippen molar-refractivity contribution in [1.82, 2.24) is 16.0 Å². The SMILES string of the molecule is NCCCCC(N)C(=O)NC(Cc1ccccc1)C(=O)NC(CCCN=C(N)N)C(=O)NC(CS)C(=O)O. The molecule has 0 saturated heterocycles. The Kier molecular flexibility index (Phi) is 15.5. The number of carboxylic acids is 1. The summed E-state index contributed by atoms with van der Waals surface area (Å²) in [6.45, 7) is 0.675. The van der Waals surface area contributed by atoms with Crippen molar-refractivity contribution in [2.75, 3.05) is 18.8 Å². The zero-order valence-corrected chi connectivity index (χ0v) is 22.2. The van der Waals surface area contributed by atoms with Gasteiger partial charge in [-0.2, -0.15) is 12.6 Å².